The molecule has 0 spiro atoms. The van der Waals surface area contributed by atoms with Gasteiger partial charge in [-0.1, -0.05) is 33.3 Å². The monoisotopic (exact) mass is 324 g/mol. The lowest BCUT2D eigenvalue weighted by molar-refractivity contribution is -0.137. The van der Waals surface area contributed by atoms with Crippen molar-refractivity contribution >= 4 is 28.6 Å². The molecule has 0 N–H and O–H groups in total. The number of ether oxygens (including phenoxy) is 1. The van der Waals surface area contributed by atoms with E-state index in [1.807, 2.05) is 13.0 Å². The van der Waals surface area contributed by atoms with E-state index in [-0.39, 0.29) is 5.97 Å². The molecule has 0 aromatic heterocycles. The van der Waals surface area contributed by atoms with Gasteiger partial charge in [0.15, 0.2) is 0 Å². The van der Waals surface area contributed by atoms with Gasteiger partial charge in [0.2, 0.25) is 0 Å². The van der Waals surface area contributed by atoms with Crippen LogP contribution in [0.25, 0.3) is 0 Å². The zero-order valence-electron chi connectivity index (χ0n) is 10.0. The lowest BCUT2D eigenvalue weighted by Crippen LogP contribution is -2.06. The minimum Gasteiger partial charge on any atom is -0.462 e. The second-order valence-corrected chi connectivity index (χ2v) is 5.12. The Bertz CT molecular complexity index is 224. The Labute approximate surface area is 107 Å². The van der Waals surface area contributed by atoms with E-state index in [2.05, 4.69) is 43.4 Å². The van der Waals surface area contributed by atoms with Crippen LogP contribution in [0.15, 0.2) is 9.66 Å². The number of allylic oxidation sites excluding steroid dienone is 1. The smallest absolute Gasteiger partial charge is 0.344 e. The van der Waals surface area contributed by atoms with Gasteiger partial charge < -0.3 is 4.74 Å². The van der Waals surface area contributed by atoms with Crippen LogP contribution in [0.4, 0.5) is 0 Å². The van der Waals surface area contributed by atoms with Gasteiger partial charge in [-0.15, -0.1) is 0 Å². The van der Waals surface area contributed by atoms with Crippen LogP contribution in [0.1, 0.15) is 40.5 Å². The summed E-state index contributed by atoms with van der Waals surface area (Å²) in [6, 6.07) is 0. The molecule has 0 aliphatic carbocycles. The van der Waals surface area contributed by atoms with Crippen molar-refractivity contribution in [1.29, 1.82) is 0 Å². The van der Waals surface area contributed by atoms with Crippen LogP contribution in [0.5, 0.6) is 0 Å². The standard InChI is InChI=1S/C12H21IO2/c1-5-9(3)7-10(4)8-11(13)12(14)15-6-2/h8-10H,5-7H2,1-4H3/b11-8+/t9-,10-/m0/s1. The predicted octanol–water partition coefficient (Wildman–Crippen LogP) is 3.94. The quantitative estimate of drug-likeness (QED) is 0.420. The minimum atomic E-state index is -0.200. The Morgan fingerprint density at radius 1 is 1.40 bits per heavy atom. The fourth-order valence-electron chi connectivity index (χ4n) is 1.39. The predicted molar refractivity (Wildman–Crippen MR) is 72.0 cm³/mol. The van der Waals surface area contributed by atoms with Crippen LogP contribution < -0.4 is 0 Å². The van der Waals surface area contributed by atoms with Crippen LogP contribution in [-0.4, -0.2) is 12.6 Å². The number of carbonyl (C=O) groups is 1. The molecule has 15 heavy (non-hydrogen) atoms. The molecule has 0 radical (unpaired) electrons. The summed E-state index contributed by atoms with van der Waals surface area (Å²) in [7, 11) is 0. The SMILES string of the molecule is CCOC(=O)/C(I)=C\[C@@H](C)C[C@@H](C)CC. The molecule has 0 saturated carbocycles. The van der Waals surface area contributed by atoms with E-state index < -0.39 is 0 Å². The molecule has 3 heteroatoms. The van der Waals surface area contributed by atoms with Gasteiger partial charge in [0.05, 0.1) is 10.2 Å². The lowest BCUT2D eigenvalue weighted by atomic mass is 9.95. The average Bonchev–Trinajstić information content (AvgIpc) is 2.17. The highest BCUT2D eigenvalue weighted by atomic mass is 127. The highest BCUT2D eigenvalue weighted by Crippen LogP contribution is 2.19. The molecule has 0 rings (SSSR count). The molecule has 0 amide bonds. The first-order valence-electron chi connectivity index (χ1n) is 5.55. The number of carbonyl (C=O) groups excluding carboxylic acids is 1. The maximum absolute atomic E-state index is 11.3. The third-order valence-electron chi connectivity index (χ3n) is 2.37. The average molecular weight is 324 g/mol. The maximum atomic E-state index is 11.3. The zero-order valence-corrected chi connectivity index (χ0v) is 12.2. The van der Waals surface area contributed by atoms with Gasteiger partial charge in [-0.2, -0.15) is 0 Å². The number of hydrogen-bond acceptors (Lipinski definition) is 2. The fraction of sp³-hybridized carbons (Fsp3) is 0.750. The number of esters is 1. The highest BCUT2D eigenvalue weighted by molar-refractivity contribution is 14.1. The molecule has 88 valence electrons. The van der Waals surface area contributed by atoms with Crippen molar-refractivity contribution in [2.45, 2.75) is 40.5 Å². The number of halogens is 1. The van der Waals surface area contributed by atoms with Gasteiger partial charge in [0, 0.05) is 0 Å². The molecular formula is C12H21IO2. The van der Waals surface area contributed by atoms with E-state index in [4.69, 9.17) is 4.74 Å². The van der Waals surface area contributed by atoms with Crippen molar-refractivity contribution in [1.82, 2.24) is 0 Å². The van der Waals surface area contributed by atoms with Gasteiger partial charge >= 0.3 is 5.97 Å². The first-order chi connectivity index (χ1) is 7.01. The van der Waals surface area contributed by atoms with E-state index >= 15 is 0 Å². The molecule has 2 nitrogen and oxygen atoms in total. The zero-order chi connectivity index (χ0) is 11.8. The summed E-state index contributed by atoms with van der Waals surface area (Å²) < 4.78 is 5.62. The number of hydrogen-bond donors (Lipinski definition) is 0. The molecule has 0 saturated heterocycles. The van der Waals surface area contributed by atoms with Crippen LogP contribution in [-0.2, 0) is 9.53 Å². The Kier molecular flexibility index (Phi) is 8.10. The molecule has 0 aliphatic heterocycles. The van der Waals surface area contributed by atoms with E-state index in [0.29, 0.717) is 22.0 Å². The van der Waals surface area contributed by atoms with Gasteiger partial charge in [-0.25, -0.2) is 4.79 Å². The Balaban J connectivity index is 4.16. The van der Waals surface area contributed by atoms with Crippen molar-refractivity contribution in [3.05, 3.63) is 9.66 Å². The van der Waals surface area contributed by atoms with Gasteiger partial charge in [-0.3, -0.25) is 0 Å². The minimum absolute atomic E-state index is 0.200. The molecule has 2 atom stereocenters. The lowest BCUT2D eigenvalue weighted by Gasteiger charge is -2.12. The first-order valence-corrected chi connectivity index (χ1v) is 6.63. The van der Waals surface area contributed by atoms with E-state index in [0.717, 1.165) is 6.42 Å². The number of rotatable bonds is 6. The molecule has 0 heterocycles. The van der Waals surface area contributed by atoms with Crippen molar-refractivity contribution in [3.63, 3.8) is 0 Å². The van der Waals surface area contributed by atoms with Crippen molar-refractivity contribution in [2.75, 3.05) is 6.61 Å². The molecule has 0 fully saturated rings. The molecule has 0 aliphatic rings. The Hall–Kier alpha value is -0.0600. The van der Waals surface area contributed by atoms with Crippen LogP contribution in [0.3, 0.4) is 0 Å². The normalized spacial score (nSPS) is 15.9. The Morgan fingerprint density at radius 3 is 2.47 bits per heavy atom. The highest BCUT2D eigenvalue weighted by Gasteiger charge is 2.10. The molecular weight excluding hydrogens is 303 g/mol. The summed E-state index contributed by atoms with van der Waals surface area (Å²) in [5.74, 6) is 0.952. The Morgan fingerprint density at radius 2 is 2.00 bits per heavy atom. The van der Waals surface area contributed by atoms with Gasteiger partial charge in [0.1, 0.15) is 0 Å². The van der Waals surface area contributed by atoms with Gasteiger partial charge in [-0.05, 0) is 47.8 Å². The second-order valence-electron chi connectivity index (χ2n) is 3.96. The second kappa shape index (κ2) is 8.13. The van der Waals surface area contributed by atoms with Crippen LogP contribution in [0.2, 0.25) is 0 Å². The van der Waals surface area contributed by atoms with E-state index in [9.17, 15) is 4.79 Å². The summed E-state index contributed by atoms with van der Waals surface area (Å²) in [4.78, 5) is 11.3. The third-order valence-corrected chi connectivity index (χ3v) is 3.17. The summed E-state index contributed by atoms with van der Waals surface area (Å²) in [5.41, 5.74) is 0. The molecule has 0 aromatic carbocycles. The fourth-order valence-corrected chi connectivity index (χ4v) is 2.16. The largest absolute Gasteiger partial charge is 0.462 e. The first kappa shape index (κ1) is 14.9. The summed E-state index contributed by atoms with van der Waals surface area (Å²) in [6.07, 6.45) is 4.32. The van der Waals surface area contributed by atoms with Crippen LogP contribution >= 0.6 is 22.6 Å². The third kappa shape index (κ3) is 6.93. The van der Waals surface area contributed by atoms with Crippen molar-refractivity contribution in [3.8, 4) is 0 Å². The topological polar surface area (TPSA) is 26.3 Å². The maximum Gasteiger partial charge on any atom is 0.344 e. The van der Waals surface area contributed by atoms with Crippen LogP contribution in [0, 0.1) is 11.8 Å². The van der Waals surface area contributed by atoms with Crippen molar-refractivity contribution < 1.29 is 9.53 Å². The summed E-state index contributed by atoms with van der Waals surface area (Å²) in [5, 5.41) is 0. The molecule has 0 aromatic rings. The molecule has 0 unspecified atom stereocenters. The molecule has 0 bridgehead atoms. The van der Waals surface area contributed by atoms with E-state index in [1.54, 1.807) is 0 Å². The van der Waals surface area contributed by atoms with Crippen molar-refractivity contribution in [2.24, 2.45) is 11.8 Å². The van der Waals surface area contributed by atoms with E-state index in [1.165, 1.54) is 6.42 Å². The summed E-state index contributed by atoms with van der Waals surface area (Å²) >= 11 is 2.05. The van der Waals surface area contributed by atoms with Gasteiger partial charge in [0.25, 0.3) is 0 Å². The summed E-state index contributed by atoms with van der Waals surface area (Å²) in [6.45, 7) is 8.84.